The molecule has 0 atom stereocenters. The number of oxazole rings is 1. The van der Waals surface area contributed by atoms with Crippen LogP contribution in [-0.2, 0) is 0 Å². The average molecular weight is 224 g/mol. The van der Waals surface area contributed by atoms with Gasteiger partial charge >= 0.3 is 5.95 Å². The van der Waals surface area contributed by atoms with Crippen molar-refractivity contribution < 1.29 is 9.15 Å². The Labute approximate surface area is 92.6 Å². The minimum atomic E-state index is 0.260. The zero-order chi connectivity index (χ0) is 10.7. The summed E-state index contributed by atoms with van der Waals surface area (Å²) in [6.07, 6.45) is 0. The minimum Gasteiger partial charge on any atom is -0.463 e. The van der Waals surface area contributed by atoms with Gasteiger partial charge in [-0.25, -0.2) is 0 Å². The van der Waals surface area contributed by atoms with Crippen LogP contribution >= 0.6 is 11.6 Å². The van der Waals surface area contributed by atoms with Gasteiger partial charge in [-0.2, -0.15) is 4.98 Å². The minimum absolute atomic E-state index is 0.260. The van der Waals surface area contributed by atoms with Gasteiger partial charge in [-0.1, -0.05) is 29.8 Å². The molecule has 78 valence electrons. The van der Waals surface area contributed by atoms with E-state index in [1.807, 2.05) is 37.3 Å². The lowest BCUT2D eigenvalue weighted by Gasteiger charge is -1.95. The topological polar surface area (TPSA) is 35.3 Å². The van der Waals surface area contributed by atoms with Crippen LogP contribution in [0.3, 0.4) is 0 Å². The first kappa shape index (κ1) is 10.1. The van der Waals surface area contributed by atoms with E-state index in [2.05, 4.69) is 4.98 Å². The number of hydrogen-bond donors (Lipinski definition) is 0. The summed E-state index contributed by atoms with van der Waals surface area (Å²) in [5.41, 5.74) is 0.880. The van der Waals surface area contributed by atoms with E-state index in [1.54, 1.807) is 0 Å². The number of rotatable bonds is 3. The summed E-state index contributed by atoms with van der Waals surface area (Å²) in [5, 5.41) is 0.260. The normalized spacial score (nSPS) is 10.3. The summed E-state index contributed by atoms with van der Waals surface area (Å²) in [6, 6.07) is 9.55. The van der Waals surface area contributed by atoms with E-state index in [9.17, 15) is 0 Å². The highest BCUT2D eigenvalue weighted by Gasteiger charge is 2.13. The van der Waals surface area contributed by atoms with E-state index in [0.29, 0.717) is 12.5 Å². The molecule has 1 aromatic carbocycles. The van der Waals surface area contributed by atoms with Gasteiger partial charge in [0.2, 0.25) is 11.0 Å². The Balaban J connectivity index is 2.34. The zero-order valence-electron chi connectivity index (χ0n) is 8.24. The molecule has 3 nitrogen and oxygen atoms in total. The van der Waals surface area contributed by atoms with Crippen molar-refractivity contribution in [2.24, 2.45) is 0 Å². The predicted molar refractivity (Wildman–Crippen MR) is 58.1 cm³/mol. The highest BCUT2D eigenvalue weighted by atomic mass is 35.5. The molecule has 0 bridgehead atoms. The molecule has 1 heterocycles. The van der Waals surface area contributed by atoms with Crippen LogP contribution in [0.5, 0.6) is 5.95 Å². The lowest BCUT2D eigenvalue weighted by molar-refractivity contribution is 0.260. The SMILES string of the molecule is CCOc1oc(-c2ccccc2)nc1Cl. The third-order valence-corrected chi connectivity index (χ3v) is 2.09. The van der Waals surface area contributed by atoms with E-state index in [-0.39, 0.29) is 11.1 Å². The molecule has 0 saturated heterocycles. The lowest BCUT2D eigenvalue weighted by atomic mass is 10.2. The van der Waals surface area contributed by atoms with Crippen LogP contribution in [0.2, 0.25) is 5.15 Å². The summed E-state index contributed by atoms with van der Waals surface area (Å²) >= 11 is 5.84. The first-order valence-electron chi connectivity index (χ1n) is 4.66. The second-order valence-corrected chi connectivity index (χ2v) is 3.25. The van der Waals surface area contributed by atoms with Crippen LogP contribution in [0, 0.1) is 0 Å². The van der Waals surface area contributed by atoms with E-state index < -0.39 is 0 Å². The molecule has 4 heteroatoms. The smallest absolute Gasteiger partial charge is 0.325 e. The highest BCUT2D eigenvalue weighted by molar-refractivity contribution is 6.30. The van der Waals surface area contributed by atoms with Crippen molar-refractivity contribution in [2.45, 2.75) is 6.92 Å². The molecule has 0 amide bonds. The lowest BCUT2D eigenvalue weighted by Crippen LogP contribution is -1.89. The fourth-order valence-corrected chi connectivity index (χ4v) is 1.38. The zero-order valence-corrected chi connectivity index (χ0v) is 8.99. The molecule has 0 unspecified atom stereocenters. The Kier molecular flexibility index (Phi) is 2.92. The molecule has 0 aliphatic heterocycles. The third kappa shape index (κ3) is 2.13. The molecular formula is C11H10ClNO2. The Morgan fingerprint density at radius 3 is 2.73 bits per heavy atom. The number of halogens is 1. The summed E-state index contributed by atoms with van der Waals surface area (Å²) in [7, 11) is 0. The number of nitrogens with zero attached hydrogens (tertiary/aromatic N) is 1. The van der Waals surface area contributed by atoms with Gasteiger partial charge in [0.1, 0.15) is 0 Å². The predicted octanol–water partition coefficient (Wildman–Crippen LogP) is 3.39. The first-order chi connectivity index (χ1) is 7.31. The van der Waals surface area contributed by atoms with E-state index in [0.717, 1.165) is 5.56 Å². The van der Waals surface area contributed by atoms with Crippen molar-refractivity contribution >= 4 is 11.6 Å². The van der Waals surface area contributed by atoms with Crippen molar-refractivity contribution in [1.29, 1.82) is 0 Å². The van der Waals surface area contributed by atoms with Crippen molar-refractivity contribution in [3.8, 4) is 17.4 Å². The Hall–Kier alpha value is -1.48. The molecule has 0 N–H and O–H groups in total. The average Bonchev–Trinajstić information content (AvgIpc) is 2.63. The van der Waals surface area contributed by atoms with Crippen LogP contribution in [-0.4, -0.2) is 11.6 Å². The number of ether oxygens (including phenoxy) is 1. The van der Waals surface area contributed by atoms with Gasteiger partial charge in [-0.3, -0.25) is 0 Å². The molecular weight excluding hydrogens is 214 g/mol. The van der Waals surface area contributed by atoms with Crippen molar-refractivity contribution in [3.05, 3.63) is 35.5 Å². The third-order valence-electron chi connectivity index (χ3n) is 1.85. The number of aromatic nitrogens is 1. The molecule has 0 fully saturated rings. The van der Waals surface area contributed by atoms with Gasteiger partial charge in [-0.15, -0.1) is 0 Å². The van der Waals surface area contributed by atoms with E-state index in [4.69, 9.17) is 20.8 Å². The first-order valence-corrected chi connectivity index (χ1v) is 5.03. The quantitative estimate of drug-likeness (QED) is 0.800. The van der Waals surface area contributed by atoms with Crippen LogP contribution in [0.1, 0.15) is 6.92 Å². The second kappa shape index (κ2) is 4.36. The van der Waals surface area contributed by atoms with Crippen LogP contribution in [0.15, 0.2) is 34.7 Å². The maximum atomic E-state index is 5.84. The molecule has 0 aliphatic carbocycles. The molecule has 1 aromatic heterocycles. The fraction of sp³-hybridized carbons (Fsp3) is 0.182. The molecule has 15 heavy (non-hydrogen) atoms. The van der Waals surface area contributed by atoms with Gasteiger partial charge in [0.25, 0.3) is 0 Å². The molecule has 0 aliphatic rings. The summed E-state index contributed by atoms with van der Waals surface area (Å²) in [4.78, 5) is 4.07. The summed E-state index contributed by atoms with van der Waals surface area (Å²) in [5.74, 6) is 0.752. The van der Waals surface area contributed by atoms with E-state index in [1.165, 1.54) is 0 Å². The Morgan fingerprint density at radius 1 is 1.33 bits per heavy atom. The van der Waals surface area contributed by atoms with Gasteiger partial charge in [0.15, 0.2) is 0 Å². The van der Waals surface area contributed by atoms with E-state index >= 15 is 0 Å². The monoisotopic (exact) mass is 223 g/mol. The maximum Gasteiger partial charge on any atom is 0.325 e. The Morgan fingerprint density at radius 2 is 2.07 bits per heavy atom. The van der Waals surface area contributed by atoms with Gasteiger partial charge in [0, 0.05) is 5.56 Å². The highest BCUT2D eigenvalue weighted by Crippen LogP contribution is 2.30. The summed E-state index contributed by atoms with van der Waals surface area (Å²) < 4.78 is 10.6. The number of benzene rings is 1. The van der Waals surface area contributed by atoms with Crippen molar-refractivity contribution in [1.82, 2.24) is 4.98 Å². The second-order valence-electron chi connectivity index (χ2n) is 2.90. The largest absolute Gasteiger partial charge is 0.463 e. The molecule has 0 spiro atoms. The number of hydrogen-bond acceptors (Lipinski definition) is 3. The van der Waals surface area contributed by atoms with Crippen LogP contribution in [0.25, 0.3) is 11.5 Å². The fourth-order valence-electron chi connectivity index (χ4n) is 1.21. The standard InChI is InChI=1S/C11H10ClNO2/c1-2-14-11-9(12)13-10(15-11)8-6-4-3-5-7-8/h3-7H,2H2,1H3. The van der Waals surface area contributed by atoms with Crippen molar-refractivity contribution in [3.63, 3.8) is 0 Å². The van der Waals surface area contributed by atoms with Crippen LogP contribution < -0.4 is 4.74 Å². The maximum absolute atomic E-state index is 5.84. The van der Waals surface area contributed by atoms with Gasteiger partial charge in [0.05, 0.1) is 6.61 Å². The molecule has 2 aromatic rings. The summed E-state index contributed by atoms with van der Waals surface area (Å²) in [6.45, 7) is 2.37. The molecule has 0 radical (unpaired) electrons. The molecule has 0 saturated carbocycles. The van der Waals surface area contributed by atoms with Crippen molar-refractivity contribution in [2.75, 3.05) is 6.61 Å². The van der Waals surface area contributed by atoms with Gasteiger partial charge < -0.3 is 9.15 Å². The Bertz CT molecular complexity index is 439. The van der Waals surface area contributed by atoms with Crippen LogP contribution in [0.4, 0.5) is 0 Å². The molecule has 2 rings (SSSR count). The van der Waals surface area contributed by atoms with Gasteiger partial charge in [-0.05, 0) is 19.1 Å².